The monoisotopic (exact) mass is 254 g/mol. The van der Waals surface area contributed by atoms with Crippen LogP contribution in [0.1, 0.15) is 32.1 Å². The third-order valence-electron chi connectivity index (χ3n) is 1.73. The van der Waals surface area contributed by atoms with Gasteiger partial charge in [0.1, 0.15) is 0 Å². The van der Waals surface area contributed by atoms with Crippen LogP contribution in [0, 0.1) is 0 Å². The van der Waals surface area contributed by atoms with Crippen molar-refractivity contribution in [1.29, 1.82) is 0 Å². The highest BCUT2D eigenvalue weighted by atomic mass is 32.2. The zero-order valence-corrected chi connectivity index (χ0v) is 10.3. The van der Waals surface area contributed by atoms with Crippen LogP contribution in [0.3, 0.4) is 0 Å². The van der Waals surface area contributed by atoms with Crippen molar-refractivity contribution in [3.63, 3.8) is 0 Å². The summed E-state index contributed by atoms with van der Waals surface area (Å²) >= 11 is 7.82. The number of rotatable bonds is 8. The minimum atomic E-state index is -1.06. The van der Waals surface area contributed by atoms with Gasteiger partial charge in [0.25, 0.3) is 0 Å². The number of hydrogen-bond acceptors (Lipinski definition) is 6. The van der Waals surface area contributed by atoms with Crippen LogP contribution >= 0.6 is 25.3 Å². The van der Waals surface area contributed by atoms with Gasteiger partial charge in [-0.1, -0.05) is 6.42 Å². The summed E-state index contributed by atoms with van der Waals surface area (Å²) in [5, 5.41) is 17.8. The molecule has 1 atom stereocenters. The molecule has 0 bridgehead atoms. The van der Waals surface area contributed by atoms with Gasteiger partial charge in [0.15, 0.2) is 0 Å². The third-order valence-corrected chi connectivity index (χ3v) is 2.09. The van der Waals surface area contributed by atoms with Gasteiger partial charge >= 0.3 is 5.97 Å². The van der Waals surface area contributed by atoms with E-state index >= 15 is 0 Å². The predicted octanol–water partition coefficient (Wildman–Crippen LogP) is 0.976. The van der Waals surface area contributed by atoms with Gasteiger partial charge in [-0.25, -0.2) is 0 Å². The first-order valence-electron chi connectivity index (χ1n) is 4.90. The number of aliphatic hydroxyl groups excluding tert-OH is 2. The number of esters is 1. The van der Waals surface area contributed by atoms with Gasteiger partial charge in [-0.2, -0.15) is 25.3 Å². The molecule has 6 heteroatoms. The molecule has 0 rings (SSSR count). The summed E-state index contributed by atoms with van der Waals surface area (Å²) in [4.78, 5) is 11.0. The molecule has 0 saturated carbocycles. The Bertz CT molecular complexity index is 175. The molecule has 0 heterocycles. The number of thiol groups is 2. The molecule has 0 aromatic heterocycles. The summed E-state index contributed by atoms with van der Waals surface area (Å²) in [7, 11) is 0. The molecule has 15 heavy (non-hydrogen) atoms. The summed E-state index contributed by atoms with van der Waals surface area (Å²) in [6.07, 6.45) is 1.65. The third kappa shape index (κ3) is 10.4. The van der Waals surface area contributed by atoms with Crippen LogP contribution in [0.5, 0.6) is 0 Å². The first-order valence-corrected chi connectivity index (χ1v) is 5.94. The summed E-state index contributed by atoms with van der Waals surface area (Å²) in [6.45, 7) is 0.150. The molecule has 0 amide bonds. The Morgan fingerprint density at radius 3 is 2.47 bits per heavy atom. The molecule has 0 aromatic rings. The standard InChI is InChI=1S/C9H18O4S2/c10-5-3-1-2-4-7(11)13-8(12)6-9(14)15/h7,9-11,14-15H,1-6H2. The Kier molecular flexibility index (Phi) is 9.38. The van der Waals surface area contributed by atoms with Crippen LogP contribution in [0.25, 0.3) is 0 Å². The van der Waals surface area contributed by atoms with Gasteiger partial charge in [-0.15, -0.1) is 0 Å². The Balaban J connectivity index is 3.46. The van der Waals surface area contributed by atoms with E-state index in [1.165, 1.54) is 0 Å². The predicted molar refractivity (Wildman–Crippen MR) is 64.0 cm³/mol. The van der Waals surface area contributed by atoms with Crippen LogP contribution < -0.4 is 0 Å². The zero-order chi connectivity index (χ0) is 11.7. The number of carbonyl (C=O) groups excluding carboxylic acids is 1. The van der Waals surface area contributed by atoms with E-state index in [1.807, 2.05) is 0 Å². The smallest absolute Gasteiger partial charge is 0.310 e. The highest BCUT2D eigenvalue weighted by Gasteiger charge is 2.12. The lowest BCUT2D eigenvalue weighted by molar-refractivity contribution is -0.168. The molecule has 0 aliphatic rings. The summed E-state index contributed by atoms with van der Waals surface area (Å²) in [5.41, 5.74) is 0. The zero-order valence-electron chi connectivity index (χ0n) is 8.50. The van der Waals surface area contributed by atoms with E-state index in [1.54, 1.807) is 0 Å². The summed E-state index contributed by atoms with van der Waals surface area (Å²) in [5.74, 6) is -0.500. The van der Waals surface area contributed by atoms with Crippen LogP contribution in [0.2, 0.25) is 0 Å². The van der Waals surface area contributed by atoms with E-state index in [4.69, 9.17) is 9.84 Å². The number of unbranched alkanes of at least 4 members (excludes halogenated alkanes) is 2. The summed E-state index contributed by atoms with van der Waals surface area (Å²) < 4.78 is 4.34. The Morgan fingerprint density at radius 1 is 1.27 bits per heavy atom. The molecule has 0 aliphatic carbocycles. The van der Waals surface area contributed by atoms with Crippen molar-refractivity contribution < 1.29 is 19.7 Å². The molecule has 4 nitrogen and oxygen atoms in total. The topological polar surface area (TPSA) is 66.8 Å². The second-order valence-corrected chi connectivity index (χ2v) is 4.86. The Hall–Kier alpha value is 0.0900. The Labute approximate surface area is 101 Å². The maximum Gasteiger partial charge on any atom is 0.310 e. The van der Waals surface area contributed by atoms with Crippen LogP contribution in [-0.4, -0.2) is 33.7 Å². The fraction of sp³-hybridized carbons (Fsp3) is 0.889. The van der Waals surface area contributed by atoms with E-state index in [9.17, 15) is 9.90 Å². The van der Waals surface area contributed by atoms with Gasteiger partial charge < -0.3 is 14.9 Å². The summed E-state index contributed by atoms with van der Waals surface area (Å²) in [6, 6.07) is 0. The Morgan fingerprint density at radius 2 is 1.93 bits per heavy atom. The number of hydrogen-bond donors (Lipinski definition) is 4. The van der Waals surface area contributed by atoms with Gasteiger partial charge in [-0.3, -0.25) is 4.79 Å². The fourth-order valence-corrected chi connectivity index (χ4v) is 1.31. The van der Waals surface area contributed by atoms with Gasteiger partial charge in [0.05, 0.1) is 11.0 Å². The molecule has 2 N–H and O–H groups in total. The molecular weight excluding hydrogens is 236 g/mol. The number of carbonyl (C=O) groups is 1. The average Bonchev–Trinajstić information content (AvgIpc) is 2.10. The average molecular weight is 254 g/mol. The van der Waals surface area contributed by atoms with Crippen LogP contribution in [-0.2, 0) is 9.53 Å². The van der Waals surface area contributed by atoms with Crippen molar-refractivity contribution in [3.8, 4) is 0 Å². The minimum Gasteiger partial charge on any atom is -0.436 e. The van der Waals surface area contributed by atoms with E-state index in [0.717, 1.165) is 12.8 Å². The largest absolute Gasteiger partial charge is 0.436 e. The first-order chi connectivity index (χ1) is 7.06. The van der Waals surface area contributed by atoms with Crippen molar-refractivity contribution in [2.45, 2.75) is 43.0 Å². The van der Waals surface area contributed by atoms with Crippen molar-refractivity contribution in [2.24, 2.45) is 0 Å². The highest BCUT2D eigenvalue weighted by Crippen LogP contribution is 2.10. The lowest BCUT2D eigenvalue weighted by Crippen LogP contribution is -2.18. The number of aliphatic hydroxyl groups is 2. The second-order valence-electron chi connectivity index (χ2n) is 3.20. The molecule has 0 fully saturated rings. The van der Waals surface area contributed by atoms with Crippen LogP contribution in [0.15, 0.2) is 0 Å². The van der Waals surface area contributed by atoms with E-state index in [0.29, 0.717) is 12.8 Å². The lowest BCUT2D eigenvalue weighted by Gasteiger charge is -2.12. The van der Waals surface area contributed by atoms with Gasteiger partial charge in [-0.05, 0) is 12.8 Å². The molecule has 0 radical (unpaired) electrons. The molecule has 0 aromatic carbocycles. The molecular formula is C9H18O4S2. The van der Waals surface area contributed by atoms with E-state index in [-0.39, 0.29) is 17.6 Å². The quantitative estimate of drug-likeness (QED) is 0.226. The maximum atomic E-state index is 11.0. The van der Waals surface area contributed by atoms with E-state index < -0.39 is 12.3 Å². The fourth-order valence-electron chi connectivity index (χ4n) is 1.02. The van der Waals surface area contributed by atoms with Crippen molar-refractivity contribution in [3.05, 3.63) is 0 Å². The SMILES string of the molecule is O=C(CC(S)S)OC(O)CCCCCO. The van der Waals surface area contributed by atoms with Crippen molar-refractivity contribution >= 4 is 31.2 Å². The molecule has 0 spiro atoms. The second kappa shape index (κ2) is 9.33. The normalized spacial score (nSPS) is 12.9. The van der Waals surface area contributed by atoms with Crippen molar-refractivity contribution in [2.75, 3.05) is 6.61 Å². The molecule has 1 unspecified atom stereocenters. The maximum absolute atomic E-state index is 11.0. The highest BCUT2D eigenvalue weighted by molar-refractivity contribution is 7.99. The molecule has 0 aliphatic heterocycles. The lowest BCUT2D eigenvalue weighted by atomic mass is 10.2. The van der Waals surface area contributed by atoms with Gasteiger partial charge in [0.2, 0.25) is 6.29 Å². The first kappa shape index (κ1) is 15.1. The van der Waals surface area contributed by atoms with Crippen LogP contribution in [0.4, 0.5) is 0 Å². The molecule has 90 valence electrons. The van der Waals surface area contributed by atoms with Gasteiger partial charge in [0, 0.05) is 13.0 Å². The van der Waals surface area contributed by atoms with Crippen molar-refractivity contribution in [1.82, 2.24) is 0 Å². The minimum absolute atomic E-state index is 0.0694. The van der Waals surface area contributed by atoms with E-state index in [2.05, 4.69) is 25.3 Å². The molecule has 0 saturated heterocycles. The number of ether oxygens (including phenoxy) is 1.